The number of nitrogens with zero attached hydrogens (tertiary/aromatic N) is 2. The number of hydrogen-bond acceptors (Lipinski definition) is 2. The van der Waals surface area contributed by atoms with Crippen molar-refractivity contribution in [2.45, 2.75) is 26.4 Å². The highest BCUT2D eigenvalue weighted by molar-refractivity contribution is 5.91. The summed E-state index contributed by atoms with van der Waals surface area (Å²) in [6.45, 7) is 10.2. The number of carbonyl (C=O) groups is 1. The maximum atomic E-state index is 11.7. The Kier molecular flexibility index (Phi) is 5.31. The first-order valence-electron chi connectivity index (χ1n) is 7.23. The molecule has 0 unspecified atom stereocenters. The highest BCUT2D eigenvalue weighted by Gasteiger charge is 2.12. The highest BCUT2D eigenvalue weighted by Crippen LogP contribution is 2.14. The molecule has 0 bridgehead atoms. The maximum absolute atomic E-state index is 11.7. The van der Waals surface area contributed by atoms with Gasteiger partial charge >= 0.3 is 0 Å². The Hall–Kier alpha value is -2.62. The molecule has 1 aromatic carbocycles. The third-order valence-electron chi connectivity index (χ3n) is 3.38. The summed E-state index contributed by atoms with van der Waals surface area (Å²) in [7, 11) is 0. The third-order valence-corrected chi connectivity index (χ3v) is 3.38. The van der Waals surface area contributed by atoms with E-state index in [2.05, 4.69) is 40.2 Å². The SMILES string of the molecule is C=CCn1cnc(CNC(=O)C(=C)C)c1Cc1ccccc1. The first kappa shape index (κ1) is 15.8. The van der Waals surface area contributed by atoms with Gasteiger partial charge in [-0.05, 0) is 12.5 Å². The molecule has 1 heterocycles. The zero-order valence-electron chi connectivity index (χ0n) is 12.9. The number of hydrogen-bond donors (Lipinski definition) is 1. The van der Waals surface area contributed by atoms with Crippen molar-refractivity contribution in [3.05, 3.63) is 78.4 Å². The van der Waals surface area contributed by atoms with Crippen LogP contribution in [0.3, 0.4) is 0 Å². The monoisotopic (exact) mass is 295 g/mol. The number of benzene rings is 1. The standard InChI is InChI=1S/C18H21N3O/c1-4-10-21-13-20-16(12-19-18(22)14(2)3)17(21)11-15-8-6-5-7-9-15/h4-9,13H,1-2,10-12H2,3H3,(H,19,22). The Morgan fingerprint density at radius 1 is 1.36 bits per heavy atom. The van der Waals surface area contributed by atoms with Gasteiger partial charge in [-0.1, -0.05) is 43.0 Å². The van der Waals surface area contributed by atoms with Crippen molar-refractivity contribution in [1.29, 1.82) is 0 Å². The Labute approximate surface area is 131 Å². The predicted octanol–water partition coefficient (Wildman–Crippen LogP) is 2.85. The van der Waals surface area contributed by atoms with Gasteiger partial charge in [-0.15, -0.1) is 6.58 Å². The Balaban J connectivity index is 2.20. The summed E-state index contributed by atoms with van der Waals surface area (Å²) in [4.78, 5) is 16.1. The summed E-state index contributed by atoms with van der Waals surface area (Å²) < 4.78 is 2.06. The fourth-order valence-corrected chi connectivity index (χ4v) is 2.20. The van der Waals surface area contributed by atoms with E-state index in [0.29, 0.717) is 18.7 Å². The van der Waals surface area contributed by atoms with Crippen LogP contribution in [0.5, 0.6) is 0 Å². The van der Waals surface area contributed by atoms with Gasteiger partial charge in [0.05, 0.1) is 18.6 Å². The lowest BCUT2D eigenvalue weighted by molar-refractivity contribution is -0.117. The molecule has 22 heavy (non-hydrogen) atoms. The van der Waals surface area contributed by atoms with Gasteiger partial charge in [0.25, 0.3) is 0 Å². The minimum atomic E-state index is -0.149. The second-order valence-electron chi connectivity index (χ2n) is 5.20. The molecule has 0 aliphatic rings. The summed E-state index contributed by atoms with van der Waals surface area (Å²) in [5.41, 5.74) is 3.67. The van der Waals surface area contributed by atoms with Crippen molar-refractivity contribution in [2.24, 2.45) is 0 Å². The molecule has 0 saturated carbocycles. The molecule has 0 radical (unpaired) electrons. The van der Waals surface area contributed by atoms with Gasteiger partial charge in [0.15, 0.2) is 0 Å². The molecular formula is C18H21N3O. The summed E-state index contributed by atoms with van der Waals surface area (Å²) in [5, 5.41) is 2.84. The van der Waals surface area contributed by atoms with Gasteiger partial charge in [0.1, 0.15) is 0 Å². The van der Waals surface area contributed by atoms with Crippen molar-refractivity contribution in [3.8, 4) is 0 Å². The third kappa shape index (κ3) is 3.95. The minimum Gasteiger partial charge on any atom is -0.347 e. The van der Waals surface area contributed by atoms with Gasteiger partial charge in [-0.25, -0.2) is 4.98 Å². The second-order valence-corrected chi connectivity index (χ2v) is 5.20. The molecule has 0 saturated heterocycles. The van der Waals surface area contributed by atoms with E-state index >= 15 is 0 Å². The van der Waals surface area contributed by atoms with E-state index in [0.717, 1.165) is 17.8 Å². The summed E-state index contributed by atoms with van der Waals surface area (Å²) >= 11 is 0. The van der Waals surface area contributed by atoms with Crippen LogP contribution in [0.1, 0.15) is 23.9 Å². The van der Waals surface area contributed by atoms with Gasteiger partial charge < -0.3 is 9.88 Å². The quantitative estimate of drug-likeness (QED) is 0.630. The Bertz CT molecular complexity index is 671. The molecule has 0 aliphatic heterocycles. The average molecular weight is 295 g/mol. The summed E-state index contributed by atoms with van der Waals surface area (Å²) in [6, 6.07) is 10.2. The number of carbonyl (C=O) groups excluding carboxylic acids is 1. The van der Waals surface area contributed by atoms with E-state index in [1.807, 2.05) is 24.3 Å². The number of amides is 1. The molecule has 0 atom stereocenters. The van der Waals surface area contributed by atoms with Crippen molar-refractivity contribution in [1.82, 2.24) is 14.9 Å². The van der Waals surface area contributed by atoms with Crippen molar-refractivity contribution >= 4 is 5.91 Å². The second kappa shape index (κ2) is 7.41. The van der Waals surface area contributed by atoms with Crippen molar-refractivity contribution < 1.29 is 4.79 Å². The van der Waals surface area contributed by atoms with Crippen molar-refractivity contribution in [2.75, 3.05) is 0 Å². The van der Waals surface area contributed by atoms with Crippen LogP contribution in [0, 0.1) is 0 Å². The van der Waals surface area contributed by atoms with E-state index in [1.165, 1.54) is 5.56 Å². The molecule has 0 fully saturated rings. The fourth-order valence-electron chi connectivity index (χ4n) is 2.20. The lowest BCUT2D eigenvalue weighted by atomic mass is 10.1. The largest absolute Gasteiger partial charge is 0.347 e. The van der Waals surface area contributed by atoms with E-state index < -0.39 is 0 Å². The van der Waals surface area contributed by atoms with Crippen LogP contribution >= 0.6 is 0 Å². The molecule has 114 valence electrons. The Morgan fingerprint density at radius 3 is 2.73 bits per heavy atom. The van der Waals surface area contributed by atoms with Crippen LogP contribution in [0.15, 0.2) is 61.5 Å². The van der Waals surface area contributed by atoms with Crippen molar-refractivity contribution in [3.63, 3.8) is 0 Å². The minimum absolute atomic E-state index is 0.149. The summed E-state index contributed by atoms with van der Waals surface area (Å²) in [6.07, 6.45) is 4.40. The Morgan fingerprint density at radius 2 is 2.09 bits per heavy atom. The van der Waals surface area contributed by atoms with E-state index in [1.54, 1.807) is 13.3 Å². The van der Waals surface area contributed by atoms with Gasteiger partial charge in [0.2, 0.25) is 5.91 Å². The van der Waals surface area contributed by atoms with Crippen LogP contribution in [0.2, 0.25) is 0 Å². The number of nitrogens with one attached hydrogen (secondary N) is 1. The molecule has 1 aromatic heterocycles. The van der Waals surface area contributed by atoms with E-state index in [9.17, 15) is 4.79 Å². The lowest BCUT2D eigenvalue weighted by Crippen LogP contribution is -2.24. The first-order chi connectivity index (χ1) is 10.6. The molecule has 4 heteroatoms. The number of allylic oxidation sites excluding steroid dienone is 1. The van der Waals surface area contributed by atoms with E-state index in [4.69, 9.17) is 0 Å². The molecular weight excluding hydrogens is 274 g/mol. The molecule has 0 spiro atoms. The molecule has 1 amide bonds. The van der Waals surface area contributed by atoms with E-state index in [-0.39, 0.29) is 5.91 Å². The zero-order chi connectivity index (χ0) is 15.9. The van der Waals surface area contributed by atoms with Gasteiger partial charge in [0, 0.05) is 24.2 Å². The lowest BCUT2D eigenvalue weighted by Gasteiger charge is -2.09. The topological polar surface area (TPSA) is 46.9 Å². The average Bonchev–Trinajstić information content (AvgIpc) is 2.88. The first-order valence-corrected chi connectivity index (χ1v) is 7.23. The number of imidazole rings is 1. The van der Waals surface area contributed by atoms with Gasteiger partial charge in [-0.2, -0.15) is 0 Å². The zero-order valence-corrected chi connectivity index (χ0v) is 12.9. The number of aromatic nitrogens is 2. The smallest absolute Gasteiger partial charge is 0.246 e. The van der Waals surface area contributed by atoms with Crippen LogP contribution < -0.4 is 5.32 Å². The van der Waals surface area contributed by atoms with Crippen LogP contribution in [0.4, 0.5) is 0 Å². The van der Waals surface area contributed by atoms with Crippen LogP contribution in [-0.4, -0.2) is 15.5 Å². The molecule has 2 rings (SSSR count). The fraction of sp³-hybridized carbons (Fsp3) is 0.222. The summed E-state index contributed by atoms with van der Waals surface area (Å²) in [5.74, 6) is -0.149. The molecule has 1 N–H and O–H groups in total. The van der Waals surface area contributed by atoms with Gasteiger partial charge in [-0.3, -0.25) is 4.79 Å². The maximum Gasteiger partial charge on any atom is 0.246 e. The normalized spacial score (nSPS) is 10.2. The molecule has 0 aliphatic carbocycles. The molecule has 2 aromatic rings. The predicted molar refractivity (Wildman–Crippen MR) is 88.3 cm³/mol. The highest BCUT2D eigenvalue weighted by atomic mass is 16.1. The van der Waals surface area contributed by atoms with Crippen LogP contribution in [-0.2, 0) is 24.3 Å². The molecule has 4 nitrogen and oxygen atoms in total. The van der Waals surface area contributed by atoms with Crippen LogP contribution in [0.25, 0.3) is 0 Å². The number of rotatable bonds is 7.